The first-order valence-electron chi connectivity index (χ1n) is 8.95. The van der Waals surface area contributed by atoms with E-state index < -0.39 is 18.6 Å². The van der Waals surface area contributed by atoms with Gasteiger partial charge in [-0.1, -0.05) is 49.5 Å². The van der Waals surface area contributed by atoms with Crippen LogP contribution in [0.1, 0.15) is 32.6 Å². The van der Waals surface area contributed by atoms with Crippen molar-refractivity contribution in [3.05, 3.63) is 29.3 Å². The molecule has 1 aromatic heterocycles. The summed E-state index contributed by atoms with van der Waals surface area (Å²) in [6.45, 7) is 1.45. The van der Waals surface area contributed by atoms with Crippen molar-refractivity contribution < 1.29 is 18.0 Å². The molecule has 0 saturated carbocycles. The van der Waals surface area contributed by atoms with Crippen LogP contribution in [0.25, 0.3) is 11.4 Å². The predicted molar refractivity (Wildman–Crippen MR) is 104 cm³/mol. The minimum absolute atomic E-state index is 0.163. The molecule has 1 N–H and O–H groups in total. The first kappa shape index (κ1) is 22.5. The van der Waals surface area contributed by atoms with Crippen molar-refractivity contribution in [3.8, 4) is 11.4 Å². The molecule has 2 rings (SSSR count). The molecule has 1 heterocycles. The van der Waals surface area contributed by atoms with Crippen LogP contribution in [-0.4, -0.2) is 39.1 Å². The lowest BCUT2D eigenvalue weighted by Crippen LogP contribution is -2.34. The fourth-order valence-electron chi connectivity index (χ4n) is 2.49. The van der Waals surface area contributed by atoms with Crippen molar-refractivity contribution in [1.29, 1.82) is 0 Å². The third kappa shape index (κ3) is 7.35. The van der Waals surface area contributed by atoms with E-state index >= 15 is 0 Å². The van der Waals surface area contributed by atoms with Gasteiger partial charge in [-0.2, -0.15) is 13.2 Å². The van der Waals surface area contributed by atoms with E-state index in [1.54, 1.807) is 12.1 Å². The second-order valence-corrected chi connectivity index (χ2v) is 7.58. The Bertz CT molecular complexity index is 765. The second kappa shape index (κ2) is 10.7. The maximum atomic E-state index is 12.2. The molecule has 0 bridgehead atoms. The van der Waals surface area contributed by atoms with E-state index in [1.807, 2.05) is 22.0 Å². The molecule has 0 spiro atoms. The summed E-state index contributed by atoms with van der Waals surface area (Å²) in [5.41, 5.74) is 0.834. The molecule has 10 heteroatoms. The van der Waals surface area contributed by atoms with Crippen LogP contribution in [0.4, 0.5) is 13.2 Å². The Kier molecular flexibility index (Phi) is 8.62. The number of hydrogen-bond donors (Lipinski definition) is 1. The van der Waals surface area contributed by atoms with Crippen LogP contribution >= 0.6 is 23.4 Å². The molecule has 0 aliphatic heterocycles. The Labute approximate surface area is 171 Å². The van der Waals surface area contributed by atoms with Gasteiger partial charge in [0.15, 0.2) is 11.0 Å². The van der Waals surface area contributed by atoms with Crippen LogP contribution in [0.2, 0.25) is 5.02 Å². The number of nitrogens with zero attached hydrogens (tertiary/aromatic N) is 3. The molecule has 0 saturated heterocycles. The maximum Gasteiger partial charge on any atom is 0.405 e. The van der Waals surface area contributed by atoms with E-state index in [2.05, 4.69) is 17.1 Å². The normalized spacial score (nSPS) is 11.6. The number of alkyl halides is 3. The number of hydrogen-bond acceptors (Lipinski definition) is 4. The second-order valence-electron chi connectivity index (χ2n) is 6.21. The largest absolute Gasteiger partial charge is 0.405 e. The van der Waals surface area contributed by atoms with Gasteiger partial charge < -0.3 is 9.88 Å². The standard InChI is InChI=1S/C18H22ClF3N4OS/c1-2-3-4-5-10-26-16(13-6-8-14(19)9-7-13)24-25-17(26)28-11-15(27)23-12-18(20,21)22/h6-9H,2-5,10-12H2,1H3,(H,23,27). The Hall–Kier alpha value is -1.74. The van der Waals surface area contributed by atoms with Crippen LogP contribution in [0.5, 0.6) is 0 Å². The smallest absolute Gasteiger partial charge is 0.346 e. The number of aromatic nitrogens is 3. The van der Waals surface area contributed by atoms with Crippen LogP contribution in [0.15, 0.2) is 29.4 Å². The predicted octanol–water partition coefficient (Wildman–Crippen LogP) is 4.95. The number of halogens is 4. The monoisotopic (exact) mass is 434 g/mol. The zero-order valence-electron chi connectivity index (χ0n) is 15.4. The third-order valence-corrected chi connectivity index (χ3v) is 5.09. The summed E-state index contributed by atoms with van der Waals surface area (Å²) in [7, 11) is 0. The molecule has 2 aromatic rings. The van der Waals surface area contributed by atoms with E-state index in [0.29, 0.717) is 22.5 Å². The van der Waals surface area contributed by atoms with Gasteiger partial charge in [0, 0.05) is 17.1 Å². The van der Waals surface area contributed by atoms with Gasteiger partial charge in [0.1, 0.15) is 6.54 Å². The summed E-state index contributed by atoms with van der Waals surface area (Å²) >= 11 is 7.01. The van der Waals surface area contributed by atoms with E-state index in [1.165, 1.54) is 0 Å². The van der Waals surface area contributed by atoms with E-state index in [9.17, 15) is 18.0 Å². The summed E-state index contributed by atoms with van der Waals surface area (Å²) in [5.74, 6) is -0.216. The number of thioether (sulfide) groups is 1. The average Bonchev–Trinajstić information content (AvgIpc) is 3.04. The zero-order valence-corrected chi connectivity index (χ0v) is 17.0. The molecular formula is C18H22ClF3N4OS. The molecule has 154 valence electrons. The quantitative estimate of drug-likeness (QED) is 0.424. The molecule has 0 aliphatic rings. The summed E-state index contributed by atoms with van der Waals surface area (Å²) in [4.78, 5) is 11.7. The van der Waals surface area contributed by atoms with Crippen LogP contribution < -0.4 is 5.32 Å². The number of carbonyl (C=O) groups is 1. The maximum absolute atomic E-state index is 12.2. The van der Waals surface area contributed by atoms with Crippen molar-refractivity contribution in [3.63, 3.8) is 0 Å². The number of rotatable bonds is 10. The highest BCUT2D eigenvalue weighted by molar-refractivity contribution is 7.99. The van der Waals surface area contributed by atoms with Crippen LogP contribution in [0.3, 0.4) is 0 Å². The number of benzene rings is 1. The van der Waals surface area contributed by atoms with Crippen LogP contribution in [0, 0.1) is 0 Å². The van der Waals surface area contributed by atoms with Crippen molar-refractivity contribution in [2.24, 2.45) is 0 Å². The molecule has 5 nitrogen and oxygen atoms in total. The zero-order chi connectivity index (χ0) is 20.6. The van der Waals surface area contributed by atoms with Crippen LogP contribution in [-0.2, 0) is 11.3 Å². The number of amides is 1. The van der Waals surface area contributed by atoms with Gasteiger partial charge in [0.05, 0.1) is 5.75 Å². The highest BCUT2D eigenvalue weighted by atomic mass is 35.5. The summed E-state index contributed by atoms with van der Waals surface area (Å²) in [6, 6.07) is 7.17. The first-order valence-corrected chi connectivity index (χ1v) is 10.3. The molecule has 0 unspecified atom stereocenters. The summed E-state index contributed by atoms with van der Waals surface area (Å²) < 4.78 is 38.5. The van der Waals surface area contributed by atoms with Crippen molar-refractivity contribution in [2.45, 2.75) is 50.5 Å². The lowest BCUT2D eigenvalue weighted by Gasteiger charge is -2.11. The minimum Gasteiger partial charge on any atom is -0.346 e. The average molecular weight is 435 g/mol. The van der Waals surface area contributed by atoms with Gasteiger partial charge >= 0.3 is 6.18 Å². The topological polar surface area (TPSA) is 59.8 Å². The van der Waals surface area contributed by atoms with E-state index in [0.717, 1.165) is 43.0 Å². The Morgan fingerprint density at radius 2 is 1.89 bits per heavy atom. The molecule has 0 radical (unpaired) electrons. The highest BCUT2D eigenvalue weighted by Crippen LogP contribution is 2.26. The Morgan fingerprint density at radius 1 is 1.18 bits per heavy atom. The van der Waals surface area contributed by atoms with Gasteiger partial charge in [-0.05, 0) is 30.7 Å². The van der Waals surface area contributed by atoms with Gasteiger partial charge in [0.2, 0.25) is 5.91 Å². The van der Waals surface area contributed by atoms with Gasteiger partial charge in [-0.25, -0.2) is 0 Å². The fourth-order valence-corrected chi connectivity index (χ4v) is 3.41. The Morgan fingerprint density at radius 3 is 2.54 bits per heavy atom. The lowest BCUT2D eigenvalue weighted by atomic mass is 10.2. The molecule has 0 fully saturated rings. The van der Waals surface area contributed by atoms with Gasteiger partial charge in [0.25, 0.3) is 0 Å². The Balaban J connectivity index is 2.09. The lowest BCUT2D eigenvalue weighted by molar-refractivity contribution is -0.136. The van der Waals surface area contributed by atoms with Gasteiger partial charge in [-0.15, -0.1) is 10.2 Å². The first-order chi connectivity index (χ1) is 13.3. The number of carbonyl (C=O) groups excluding carboxylic acids is 1. The van der Waals surface area contributed by atoms with E-state index in [-0.39, 0.29) is 5.75 Å². The minimum atomic E-state index is -4.43. The number of nitrogens with one attached hydrogen (secondary N) is 1. The summed E-state index contributed by atoms with van der Waals surface area (Å²) in [5, 5.41) is 11.3. The summed E-state index contributed by atoms with van der Waals surface area (Å²) in [6.07, 6.45) is -0.249. The molecule has 1 amide bonds. The fraction of sp³-hybridized carbons (Fsp3) is 0.500. The molecule has 0 aliphatic carbocycles. The molecular weight excluding hydrogens is 413 g/mol. The molecule has 1 aromatic carbocycles. The van der Waals surface area contributed by atoms with Crippen molar-refractivity contribution >= 4 is 29.3 Å². The van der Waals surface area contributed by atoms with Crippen molar-refractivity contribution in [2.75, 3.05) is 12.3 Å². The van der Waals surface area contributed by atoms with Crippen molar-refractivity contribution in [1.82, 2.24) is 20.1 Å². The van der Waals surface area contributed by atoms with Gasteiger partial charge in [-0.3, -0.25) is 4.79 Å². The highest BCUT2D eigenvalue weighted by Gasteiger charge is 2.27. The molecule has 28 heavy (non-hydrogen) atoms. The SMILES string of the molecule is CCCCCCn1c(SCC(=O)NCC(F)(F)F)nnc1-c1ccc(Cl)cc1. The third-order valence-electron chi connectivity index (χ3n) is 3.87. The molecule has 0 atom stereocenters. The van der Waals surface area contributed by atoms with E-state index in [4.69, 9.17) is 11.6 Å². The number of unbranched alkanes of at least 4 members (excludes halogenated alkanes) is 3.